The third kappa shape index (κ3) is 1.40. The third-order valence-electron chi connectivity index (χ3n) is 1.59. The van der Waals surface area contributed by atoms with Crippen molar-refractivity contribution in [2.75, 3.05) is 6.79 Å². The summed E-state index contributed by atoms with van der Waals surface area (Å²) in [6.45, 7) is 0.319. The predicted molar refractivity (Wildman–Crippen MR) is 39.4 cm³/mol. The largest absolute Gasteiger partial charge is 0.329 e. The first-order valence-corrected chi connectivity index (χ1v) is 3.51. The Balaban J connectivity index is 2.16. The van der Waals surface area contributed by atoms with Crippen molar-refractivity contribution >= 4 is 0 Å². The Labute approximate surface area is 64.9 Å². The van der Waals surface area contributed by atoms with Crippen molar-refractivity contribution in [1.29, 1.82) is 0 Å². The van der Waals surface area contributed by atoms with Crippen molar-refractivity contribution in [3.8, 4) is 0 Å². The van der Waals surface area contributed by atoms with Gasteiger partial charge >= 0.3 is 0 Å². The standard InChI is InChI=1S/C8H9NO2/c1-2-4-7(5-3-1)8-9-11-6-10-8/h1-5,8-9H,6H2. The number of ether oxygens (including phenoxy) is 1. The smallest absolute Gasteiger partial charge is 0.169 e. The maximum Gasteiger partial charge on any atom is 0.169 e. The minimum atomic E-state index is -0.101. The number of benzene rings is 1. The molecule has 0 saturated carbocycles. The summed E-state index contributed by atoms with van der Waals surface area (Å²) < 4.78 is 5.21. The van der Waals surface area contributed by atoms with Gasteiger partial charge in [-0.1, -0.05) is 30.3 Å². The maximum atomic E-state index is 5.21. The molecule has 1 aromatic rings. The van der Waals surface area contributed by atoms with Gasteiger partial charge in [0.2, 0.25) is 0 Å². The molecule has 1 heterocycles. The van der Waals surface area contributed by atoms with E-state index in [-0.39, 0.29) is 6.23 Å². The molecule has 0 aliphatic carbocycles. The van der Waals surface area contributed by atoms with Gasteiger partial charge in [0.15, 0.2) is 13.0 Å². The van der Waals surface area contributed by atoms with Crippen LogP contribution in [0.25, 0.3) is 0 Å². The maximum absolute atomic E-state index is 5.21. The van der Waals surface area contributed by atoms with Crippen molar-refractivity contribution in [3.05, 3.63) is 35.9 Å². The Morgan fingerprint density at radius 3 is 2.73 bits per heavy atom. The van der Waals surface area contributed by atoms with E-state index in [1.165, 1.54) is 0 Å². The van der Waals surface area contributed by atoms with Crippen molar-refractivity contribution < 1.29 is 9.57 Å². The first-order chi connectivity index (χ1) is 5.47. The minimum absolute atomic E-state index is 0.101. The van der Waals surface area contributed by atoms with Crippen LogP contribution in [0.3, 0.4) is 0 Å². The number of hydrogen-bond acceptors (Lipinski definition) is 3. The van der Waals surface area contributed by atoms with Gasteiger partial charge in [-0.05, 0) is 5.56 Å². The van der Waals surface area contributed by atoms with E-state index in [1.807, 2.05) is 30.3 Å². The highest BCUT2D eigenvalue weighted by atomic mass is 16.8. The Kier molecular flexibility index (Phi) is 1.85. The van der Waals surface area contributed by atoms with Crippen molar-refractivity contribution in [2.24, 2.45) is 0 Å². The van der Waals surface area contributed by atoms with Crippen LogP contribution in [-0.2, 0) is 9.57 Å². The van der Waals surface area contributed by atoms with E-state index in [0.717, 1.165) is 5.56 Å². The van der Waals surface area contributed by atoms with Crippen LogP contribution in [0, 0.1) is 0 Å². The zero-order valence-electron chi connectivity index (χ0n) is 5.99. The molecule has 0 amide bonds. The van der Waals surface area contributed by atoms with Crippen LogP contribution in [0.2, 0.25) is 0 Å². The fourth-order valence-corrected chi connectivity index (χ4v) is 1.04. The molecule has 1 N–H and O–H groups in total. The van der Waals surface area contributed by atoms with Crippen LogP contribution < -0.4 is 5.48 Å². The van der Waals surface area contributed by atoms with Gasteiger partial charge in [0.05, 0.1) is 0 Å². The second-order valence-corrected chi connectivity index (χ2v) is 2.34. The minimum Gasteiger partial charge on any atom is -0.329 e. The molecule has 58 valence electrons. The average Bonchev–Trinajstić information content (AvgIpc) is 2.58. The quantitative estimate of drug-likeness (QED) is 0.654. The molecule has 11 heavy (non-hydrogen) atoms. The highest BCUT2D eigenvalue weighted by Crippen LogP contribution is 2.16. The van der Waals surface area contributed by atoms with Crippen LogP contribution in [0.4, 0.5) is 0 Å². The van der Waals surface area contributed by atoms with E-state index >= 15 is 0 Å². The predicted octanol–water partition coefficient (Wildman–Crippen LogP) is 1.19. The molecule has 0 spiro atoms. The van der Waals surface area contributed by atoms with Crippen molar-refractivity contribution in [3.63, 3.8) is 0 Å². The molecule has 1 atom stereocenters. The topological polar surface area (TPSA) is 30.5 Å². The molecular weight excluding hydrogens is 142 g/mol. The van der Waals surface area contributed by atoms with Crippen molar-refractivity contribution in [2.45, 2.75) is 6.23 Å². The van der Waals surface area contributed by atoms with Crippen LogP contribution in [0.5, 0.6) is 0 Å². The Morgan fingerprint density at radius 2 is 2.09 bits per heavy atom. The summed E-state index contributed by atoms with van der Waals surface area (Å²) in [6.07, 6.45) is -0.101. The molecule has 1 aliphatic rings. The molecule has 2 rings (SSSR count). The van der Waals surface area contributed by atoms with Gasteiger partial charge in [0.1, 0.15) is 0 Å². The molecule has 3 heteroatoms. The summed E-state index contributed by atoms with van der Waals surface area (Å²) in [5.74, 6) is 0. The van der Waals surface area contributed by atoms with E-state index in [2.05, 4.69) is 5.48 Å². The zero-order valence-corrected chi connectivity index (χ0v) is 5.99. The molecule has 1 aromatic carbocycles. The van der Waals surface area contributed by atoms with Gasteiger partial charge in [-0.2, -0.15) is 5.48 Å². The van der Waals surface area contributed by atoms with Gasteiger partial charge in [0.25, 0.3) is 0 Å². The van der Waals surface area contributed by atoms with Crippen LogP contribution in [0.1, 0.15) is 11.8 Å². The van der Waals surface area contributed by atoms with E-state index in [1.54, 1.807) is 0 Å². The molecule has 1 fully saturated rings. The number of rotatable bonds is 1. The molecule has 3 nitrogen and oxygen atoms in total. The molecule has 0 radical (unpaired) electrons. The molecule has 1 saturated heterocycles. The molecule has 1 unspecified atom stereocenters. The molecule has 0 aromatic heterocycles. The molecule has 1 aliphatic heterocycles. The average molecular weight is 151 g/mol. The van der Waals surface area contributed by atoms with Gasteiger partial charge in [-0.3, -0.25) is 4.84 Å². The summed E-state index contributed by atoms with van der Waals surface area (Å²) in [5, 5.41) is 0. The summed E-state index contributed by atoms with van der Waals surface area (Å²) in [4.78, 5) is 4.84. The fourth-order valence-electron chi connectivity index (χ4n) is 1.04. The van der Waals surface area contributed by atoms with Gasteiger partial charge in [0, 0.05) is 0 Å². The van der Waals surface area contributed by atoms with E-state index < -0.39 is 0 Å². The Bertz CT molecular complexity index is 219. The lowest BCUT2D eigenvalue weighted by atomic mass is 10.2. The van der Waals surface area contributed by atoms with Gasteiger partial charge < -0.3 is 4.74 Å². The van der Waals surface area contributed by atoms with Crippen LogP contribution in [-0.4, -0.2) is 6.79 Å². The van der Waals surface area contributed by atoms with E-state index in [9.17, 15) is 0 Å². The summed E-state index contributed by atoms with van der Waals surface area (Å²) in [5.41, 5.74) is 3.84. The fraction of sp³-hybridized carbons (Fsp3) is 0.250. The summed E-state index contributed by atoms with van der Waals surface area (Å²) in [6, 6.07) is 9.90. The number of nitrogens with one attached hydrogen (secondary N) is 1. The van der Waals surface area contributed by atoms with Crippen LogP contribution in [0.15, 0.2) is 30.3 Å². The first kappa shape index (κ1) is 6.79. The van der Waals surface area contributed by atoms with Crippen molar-refractivity contribution in [1.82, 2.24) is 5.48 Å². The summed E-state index contributed by atoms with van der Waals surface area (Å²) in [7, 11) is 0. The molecule has 0 bridgehead atoms. The van der Waals surface area contributed by atoms with Gasteiger partial charge in [-0.25, -0.2) is 0 Å². The number of hydrogen-bond donors (Lipinski definition) is 1. The van der Waals surface area contributed by atoms with Crippen LogP contribution >= 0.6 is 0 Å². The Morgan fingerprint density at radius 1 is 1.27 bits per heavy atom. The first-order valence-electron chi connectivity index (χ1n) is 3.51. The highest BCUT2D eigenvalue weighted by Gasteiger charge is 2.16. The monoisotopic (exact) mass is 151 g/mol. The zero-order chi connectivity index (χ0) is 7.52. The lowest BCUT2D eigenvalue weighted by Crippen LogP contribution is -2.11. The second-order valence-electron chi connectivity index (χ2n) is 2.34. The number of hydroxylamine groups is 1. The van der Waals surface area contributed by atoms with E-state index in [0.29, 0.717) is 6.79 Å². The normalized spacial score (nSPS) is 23.8. The lowest BCUT2D eigenvalue weighted by Gasteiger charge is -2.06. The SMILES string of the molecule is c1ccc(C2NOCO2)cc1. The molecular formula is C8H9NO2. The van der Waals surface area contributed by atoms with Gasteiger partial charge in [-0.15, -0.1) is 0 Å². The highest BCUT2D eigenvalue weighted by molar-refractivity contribution is 5.16. The third-order valence-corrected chi connectivity index (χ3v) is 1.59. The second kappa shape index (κ2) is 3.00. The summed E-state index contributed by atoms with van der Waals surface area (Å²) >= 11 is 0. The Hall–Kier alpha value is -0.900. The lowest BCUT2D eigenvalue weighted by molar-refractivity contribution is 0.0348. The van der Waals surface area contributed by atoms with E-state index in [4.69, 9.17) is 9.57 Å².